The average molecular weight is 198 g/mol. The van der Waals surface area contributed by atoms with Crippen LogP contribution in [0.1, 0.15) is 19.7 Å². The maximum Gasteiger partial charge on any atom is 0.283 e. The lowest BCUT2D eigenvalue weighted by atomic mass is 10.1. The van der Waals surface area contributed by atoms with E-state index in [2.05, 4.69) is 26.2 Å². The maximum absolute atomic E-state index is 3.91. The van der Waals surface area contributed by atoms with E-state index >= 15 is 0 Å². The van der Waals surface area contributed by atoms with Crippen molar-refractivity contribution in [1.29, 1.82) is 0 Å². The van der Waals surface area contributed by atoms with Crippen molar-refractivity contribution in [3.05, 3.63) is 5.82 Å². The Kier molecular flexibility index (Phi) is 2.78. The predicted molar refractivity (Wildman–Crippen MR) is 49.1 cm³/mol. The Labute approximate surface area is 82.8 Å². The van der Waals surface area contributed by atoms with Gasteiger partial charge < -0.3 is 0 Å². The predicted octanol–water partition coefficient (Wildman–Crippen LogP) is -0.539. The zero-order valence-electron chi connectivity index (χ0n) is 9.18. The van der Waals surface area contributed by atoms with E-state index < -0.39 is 0 Å². The van der Waals surface area contributed by atoms with E-state index in [0.717, 1.165) is 5.82 Å². The molecule has 0 aliphatic rings. The van der Waals surface area contributed by atoms with Crippen LogP contribution in [0.3, 0.4) is 0 Å². The summed E-state index contributed by atoms with van der Waals surface area (Å²) >= 11 is 0. The van der Waals surface area contributed by atoms with Crippen LogP contribution in [-0.4, -0.2) is 22.2 Å². The van der Waals surface area contributed by atoms with Gasteiger partial charge in [0.25, 0.3) is 5.82 Å². The molecule has 0 aliphatic carbocycles. The van der Waals surface area contributed by atoms with Crippen LogP contribution in [0.25, 0.3) is 0 Å². The van der Waals surface area contributed by atoms with Crippen LogP contribution in [0.15, 0.2) is 10.3 Å². The molecule has 0 fully saturated rings. The van der Waals surface area contributed by atoms with E-state index in [0.29, 0.717) is 0 Å². The number of nitrogens with zero attached hydrogens (tertiary/aromatic N) is 6. The SMILES string of the molecule is CN=NNC(C)(C)c1n(C)nn[n+]1C. The summed E-state index contributed by atoms with van der Waals surface area (Å²) in [4.78, 5) is 0. The summed E-state index contributed by atoms with van der Waals surface area (Å²) in [5.41, 5.74) is 2.57. The highest BCUT2D eigenvalue weighted by atomic mass is 15.6. The number of hydrogen-bond acceptors (Lipinski definition) is 4. The normalized spacial score (nSPS) is 12.4. The fourth-order valence-electron chi connectivity index (χ4n) is 1.45. The van der Waals surface area contributed by atoms with Gasteiger partial charge >= 0.3 is 0 Å². The van der Waals surface area contributed by atoms with E-state index in [-0.39, 0.29) is 5.54 Å². The molecule has 78 valence electrons. The van der Waals surface area contributed by atoms with Crippen molar-refractivity contribution in [3.8, 4) is 0 Å². The molecule has 0 atom stereocenters. The number of aromatic nitrogens is 4. The van der Waals surface area contributed by atoms with Gasteiger partial charge in [-0.1, -0.05) is 9.91 Å². The van der Waals surface area contributed by atoms with Gasteiger partial charge in [-0.25, -0.2) is 0 Å². The largest absolute Gasteiger partial charge is 0.283 e. The van der Waals surface area contributed by atoms with Crippen molar-refractivity contribution >= 4 is 0 Å². The monoisotopic (exact) mass is 198 g/mol. The smallest absolute Gasteiger partial charge is 0.275 e. The van der Waals surface area contributed by atoms with Crippen LogP contribution >= 0.6 is 0 Å². The zero-order chi connectivity index (χ0) is 10.8. The second-order valence-corrected chi connectivity index (χ2v) is 3.59. The molecule has 0 radical (unpaired) electrons. The molecule has 0 aromatic carbocycles. The van der Waals surface area contributed by atoms with E-state index in [1.54, 1.807) is 16.4 Å². The highest BCUT2D eigenvalue weighted by Crippen LogP contribution is 2.13. The van der Waals surface area contributed by atoms with Crippen molar-refractivity contribution in [1.82, 2.24) is 20.5 Å². The highest BCUT2D eigenvalue weighted by molar-refractivity contribution is 4.93. The van der Waals surface area contributed by atoms with Gasteiger partial charge in [0.2, 0.25) is 0 Å². The lowest BCUT2D eigenvalue weighted by Crippen LogP contribution is -2.47. The molecule has 1 aromatic heterocycles. The van der Waals surface area contributed by atoms with Crippen LogP contribution in [0, 0.1) is 0 Å². The van der Waals surface area contributed by atoms with Gasteiger partial charge in [-0.05, 0) is 13.8 Å². The first-order valence-electron chi connectivity index (χ1n) is 4.31. The van der Waals surface area contributed by atoms with E-state index in [1.807, 2.05) is 27.9 Å². The van der Waals surface area contributed by atoms with Gasteiger partial charge in [0.05, 0.1) is 21.1 Å². The number of nitrogens with one attached hydrogen (secondary N) is 1. The lowest BCUT2D eigenvalue weighted by Gasteiger charge is -2.18. The van der Waals surface area contributed by atoms with Gasteiger partial charge in [-0.2, -0.15) is 5.11 Å². The van der Waals surface area contributed by atoms with Gasteiger partial charge in [0, 0.05) is 0 Å². The van der Waals surface area contributed by atoms with Crippen molar-refractivity contribution in [2.45, 2.75) is 19.4 Å². The Bertz CT molecular complexity index is 318. The van der Waals surface area contributed by atoms with Crippen molar-refractivity contribution < 1.29 is 4.68 Å². The molecule has 0 aliphatic heterocycles. The topological polar surface area (TPSA) is 71.3 Å². The van der Waals surface area contributed by atoms with Crippen LogP contribution in [-0.2, 0) is 19.6 Å². The first-order chi connectivity index (χ1) is 6.49. The highest BCUT2D eigenvalue weighted by Gasteiger charge is 2.33. The average Bonchev–Trinajstić information content (AvgIpc) is 2.43. The third kappa shape index (κ3) is 1.86. The van der Waals surface area contributed by atoms with Crippen molar-refractivity contribution in [2.24, 2.45) is 24.4 Å². The minimum Gasteiger partial charge on any atom is -0.275 e. The van der Waals surface area contributed by atoms with E-state index in [9.17, 15) is 0 Å². The molecule has 1 aromatic rings. The third-order valence-electron chi connectivity index (χ3n) is 1.91. The van der Waals surface area contributed by atoms with Crippen LogP contribution in [0.4, 0.5) is 0 Å². The molecule has 0 saturated heterocycles. The summed E-state index contributed by atoms with van der Waals surface area (Å²) in [6.45, 7) is 3.97. The van der Waals surface area contributed by atoms with Gasteiger partial charge in [-0.15, -0.1) is 4.68 Å². The van der Waals surface area contributed by atoms with E-state index in [1.165, 1.54) is 0 Å². The molecule has 14 heavy (non-hydrogen) atoms. The fraction of sp³-hybridized carbons (Fsp3) is 0.857. The van der Waals surface area contributed by atoms with Gasteiger partial charge in [-0.3, -0.25) is 5.43 Å². The summed E-state index contributed by atoms with van der Waals surface area (Å²) in [5.74, 6) is 0.921. The molecule has 0 unspecified atom stereocenters. The Hall–Kier alpha value is -1.53. The molecule has 7 nitrogen and oxygen atoms in total. The summed E-state index contributed by atoms with van der Waals surface area (Å²) in [6, 6.07) is 0. The lowest BCUT2D eigenvalue weighted by molar-refractivity contribution is -0.742. The second kappa shape index (κ2) is 3.69. The molecule has 1 N–H and O–H groups in total. The first-order valence-corrected chi connectivity index (χ1v) is 4.31. The molecular weight excluding hydrogens is 182 g/mol. The Morgan fingerprint density at radius 3 is 2.57 bits per heavy atom. The first kappa shape index (κ1) is 10.6. The molecule has 0 saturated carbocycles. The summed E-state index contributed by atoms with van der Waals surface area (Å²) in [6.07, 6.45) is 0. The molecule has 0 amide bonds. The zero-order valence-corrected chi connectivity index (χ0v) is 9.18. The Balaban J connectivity index is 3.02. The standard InChI is InChI=1S/C7H16N7/c1-7(2,9-10-8-3)6-13(4)11-12-14(6)5/h1-5H3,(H,8,9)/q+1. The summed E-state index contributed by atoms with van der Waals surface area (Å²) < 4.78 is 3.41. The van der Waals surface area contributed by atoms with E-state index in [4.69, 9.17) is 0 Å². The summed E-state index contributed by atoms with van der Waals surface area (Å²) in [7, 11) is 5.30. The number of tetrazole rings is 1. The van der Waals surface area contributed by atoms with Crippen LogP contribution in [0.2, 0.25) is 0 Å². The molecule has 7 heteroatoms. The van der Waals surface area contributed by atoms with Gasteiger partial charge in [0.15, 0.2) is 5.21 Å². The molecular formula is C7H16N7+. The Morgan fingerprint density at radius 2 is 2.14 bits per heavy atom. The molecule has 1 rings (SSSR count). The quantitative estimate of drug-likeness (QED) is 0.403. The Morgan fingerprint density at radius 1 is 1.50 bits per heavy atom. The minimum atomic E-state index is -0.355. The van der Waals surface area contributed by atoms with Crippen LogP contribution in [0.5, 0.6) is 0 Å². The van der Waals surface area contributed by atoms with Crippen molar-refractivity contribution in [2.75, 3.05) is 7.05 Å². The summed E-state index contributed by atoms with van der Waals surface area (Å²) in [5, 5.41) is 15.2. The number of rotatable bonds is 3. The molecule has 1 heterocycles. The number of hydrogen-bond donors (Lipinski definition) is 1. The minimum absolute atomic E-state index is 0.355. The third-order valence-corrected chi connectivity index (χ3v) is 1.91. The second-order valence-electron chi connectivity index (χ2n) is 3.59. The molecule has 0 spiro atoms. The molecule has 0 bridgehead atoms. The maximum atomic E-state index is 3.91. The van der Waals surface area contributed by atoms with Crippen LogP contribution < -0.4 is 10.1 Å². The fourth-order valence-corrected chi connectivity index (χ4v) is 1.45. The number of aryl methyl sites for hydroxylation is 2. The van der Waals surface area contributed by atoms with Crippen molar-refractivity contribution in [3.63, 3.8) is 0 Å². The van der Waals surface area contributed by atoms with Gasteiger partial charge in [0.1, 0.15) is 10.8 Å².